The van der Waals surface area contributed by atoms with Gasteiger partial charge in [-0.15, -0.1) is 0 Å². The van der Waals surface area contributed by atoms with Crippen LogP contribution in [-0.4, -0.2) is 11.9 Å². The molecule has 0 heterocycles. The summed E-state index contributed by atoms with van der Waals surface area (Å²) in [4.78, 5) is 35.6. The quantitative estimate of drug-likeness (QED) is 0.395. The van der Waals surface area contributed by atoms with Gasteiger partial charge >= 0.3 is 11.9 Å². The van der Waals surface area contributed by atoms with Gasteiger partial charge in [0.15, 0.2) is 5.75 Å². The second kappa shape index (κ2) is 13.1. The third-order valence-electron chi connectivity index (χ3n) is 3.97. The highest BCUT2D eigenvalue weighted by molar-refractivity contribution is 5.73. The third-order valence-corrected chi connectivity index (χ3v) is 3.97. The van der Waals surface area contributed by atoms with Crippen molar-refractivity contribution in [2.45, 2.75) is 78.1 Å². The van der Waals surface area contributed by atoms with Crippen LogP contribution in [0.4, 0.5) is 0 Å². The van der Waals surface area contributed by atoms with Gasteiger partial charge in [0.2, 0.25) is 5.43 Å². The Labute approximate surface area is 155 Å². The molecule has 1 aromatic rings. The minimum atomic E-state index is -0.424. The molecule has 0 aromatic heterocycles. The fraction of sp³-hybridized carbons (Fsp3) is 0.571. The lowest BCUT2D eigenvalue weighted by Gasteiger charge is -2.03. The smallest absolute Gasteiger partial charge is 0.311 e. The number of rotatable bonds is 12. The Morgan fingerprint density at radius 1 is 0.731 bits per heavy atom. The number of esters is 2. The molecule has 5 nitrogen and oxygen atoms in total. The molecule has 0 N–H and O–H groups in total. The summed E-state index contributed by atoms with van der Waals surface area (Å²) in [5, 5.41) is 0. The van der Waals surface area contributed by atoms with Crippen LogP contribution in [0.15, 0.2) is 29.1 Å². The van der Waals surface area contributed by atoms with Crippen molar-refractivity contribution in [1.29, 1.82) is 0 Å². The van der Waals surface area contributed by atoms with Crippen LogP contribution in [0.25, 0.3) is 0 Å². The van der Waals surface area contributed by atoms with Gasteiger partial charge in [-0.05, 0) is 37.1 Å². The number of ether oxygens (including phenoxy) is 2. The molecule has 26 heavy (non-hydrogen) atoms. The number of carbonyl (C=O) groups excluding carboxylic acids is 2. The standard InChI is InChI=1S/C21H30O5/c1-3-5-7-8-10-12-20(23)25-17-13-15-18(22)19(16-14-17)26-21(24)11-9-6-4-2/h13-16H,3-12H2,1-2H3. The number of unbranched alkanes of at least 4 members (excludes halogenated alkanes) is 6. The van der Waals surface area contributed by atoms with Crippen molar-refractivity contribution < 1.29 is 19.1 Å². The van der Waals surface area contributed by atoms with Crippen LogP contribution in [0.3, 0.4) is 0 Å². The molecule has 0 fully saturated rings. The Morgan fingerprint density at radius 2 is 1.27 bits per heavy atom. The zero-order valence-corrected chi connectivity index (χ0v) is 15.9. The molecule has 1 rings (SSSR count). The third kappa shape index (κ3) is 9.35. The van der Waals surface area contributed by atoms with E-state index in [9.17, 15) is 14.4 Å². The van der Waals surface area contributed by atoms with E-state index in [0.29, 0.717) is 6.42 Å². The van der Waals surface area contributed by atoms with Crippen molar-refractivity contribution in [3.8, 4) is 11.5 Å². The summed E-state index contributed by atoms with van der Waals surface area (Å²) >= 11 is 0. The number of hydrogen-bond donors (Lipinski definition) is 0. The first kappa shape index (κ1) is 21.9. The minimum Gasteiger partial charge on any atom is -0.427 e. The van der Waals surface area contributed by atoms with E-state index in [4.69, 9.17) is 9.47 Å². The molecule has 0 aliphatic carbocycles. The molecule has 0 radical (unpaired) electrons. The van der Waals surface area contributed by atoms with Crippen molar-refractivity contribution in [2.24, 2.45) is 0 Å². The number of hydrogen-bond acceptors (Lipinski definition) is 5. The average molecular weight is 362 g/mol. The zero-order valence-electron chi connectivity index (χ0n) is 15.9. The molecular weight excluding hydrogens is 332 g/mol. The molecule has 5 heteroatoms. The van der Waals surface area contributed by atoms with Crippen molar-refractivity contribution in [3.05, 3.63) is 34.5 Å². The van der Waals surface area contributed by atoms with Crippen molar-refractivity contribution in [1.82, 2.24) is 0 Å². The average Bonchev–Trinajstić information content (AvgIpc) is 2.78. The molecule has 0 saturated heterocycles. The Balaban J connectivity index is 2.54. The molecule has 0 aliphatic heterocycles. The summed E-state index contributed by atoms with van der Waals surface area (Å²) in [6, 6.07) is 5.53. The second-order valence-corrected chi connectivity index (χ2v) is 6.37. The topological polar surface area (TPSA) is 69.7 Å². The van der Waals surface area contributed by atoms with Gasteiger partial charge in [0.25, 0.3) is 0 Å². The second-order valence-electron chi connectivity index (χ2n) is 6.37. The van der Waals surface area contributed by atoms with Gasteiger partial charge in [0.1, 0.15) is 5.75 Å². The molecule has 0 aliphatic rings. The maximum Gasteiger partial charge on any atom is 0.311 e. The fourth-order valence-corrected chi connectivity index (χ4v) is 2.44. The fourth-order valence-electron chi connectivity index (χ4n) is 2.44. The summed E-state index contributed by atoms with van der Waals surface area (Å²) in [5.41, 5.74) is -0.421. The Hall–Kier alpha value is -2.17. The van der Waals surface area contributed by atoms with Gasteiger partial charge < -0.3 is 9.47 Å². The van der Waals surface area contributed by atoms with Gasteiger partial charge in [-0.1, -0.05) is 52.4 Å². The summed E-state index contributed by atoms with van der Waals surface area (Å²) in [6.07, 6.45) is 8.59. The first-order chi connectivity index (χ1) is 12.6. The summed E-state index contributed by atoms with van der Waals surface area (Å²) in [5.74, 6) is -0.520. The first-order valence-corrected chi connectivity index (χ1v) is 9.62. The Kier molecular flexibility index (Phi) is 11.0. The number of carbonyl (C=O) groups is 2. The Morgan fingerprint density at radius 3 is 1.96 bits per heavy atom. The maximum atomic E-state index is 12.0. The van der Waals surface area contributed by atoms with Gasteiger partial charge in [-0.3, -0.25) is 14.4 Å². The Bertz CT molecular complexity index is 624. The van der Waals surface area contributed by atoms with Crippen LogP contribution in [0.2, 0.25) is 0 Å². The SMILES string of the molecule is CCCCCCCC(=O)Oc1ccc(OC(=O)CCCCC)c(=O)cc1. The highest BCUT2D eigenvalue weighted by Gasteiger charge is 2.09. The highest BCUT2D eigenvalue weighted by atomic mass is 16.5. The van der Waals surface area contributed by atoms with Crippen LogP contribution in [0.5, 0.6) is 11.5 Å². The first-order valence-electron chi connectivity index (χ1n) is 9.62. The van der Waals surface area contributed by atoms with E-state index < -0.39 is 11.4 Å². The summed E-state index contributed by atoms with van der Waals surface area (Å²) < 4.78 is 10.4. The van der Waals surface area contributed by atoms with E-state index in [1.54, 1.807) is 0 Å². The maximum absolute atomic E-state index is 12.0. The minimum absolute atomic E-state index is 0.0478. The molecular formula is C21H30O5. The molecule has 144 valence electrons. The molecule has 0 unspecified atom stereocenters. The lowest BCUT2D eigenvalue weighted by Crippen LogP contribution is -2.12. The van der Waals surface area contributed by atoms with Crippen LogP contribution in [0, 0.1) is 0 Å². The van der Waals surface area contributed by atoms with Gasteiger partial charge in [0.05, 0.1) is 0 Å². The van der Waals surface area contributed by atoms with E-state index >= 15 is 0 Å². The van der Waals surface area contributed by atoms with Gasteiger partial charge in [-0.2, -0.15) is 0 Å². The molecule has 1 aromatic carbocycles. The monoisotopic (exact) mass is 362 g/mol. The van der Waals surface area contributed by atoms with Gasteiger partial charge in [0, 0.05) is 12.8 Å². The molecule has 0 saturated carbocycles. The van der Waals surface area contributed by atoms with Crippen LogP contribution in [-0.2, 0) is 9.59 Å². The molecule has 0 atom stereocenters. The largest absolute Gasteiger partial charge is 0.427 e. The summed E-state index contributed by atoms with van der Waals surface area (Å²) in [7, 11) is 0. The lowest BCUT2D eigenvalue weighted by atomic mass is 10.1. The van der Waals surface area contributed by atoms with Crippen LogP contribution < -0.4 is 14.9 Å². The van der Waals surface area contributed by atoms with Crippen molar-refractivity contribution in [2.75, 3.05) is 0 Å². The molecule has 0 spiro atoms. The van der Waals surface area contributed by atoms with E-state index in [0.717, 1.165) is 44.9 Å². The van der Waals surface area contributed by atoms with E-state index in [1.807, 2.05) is 6.92 Å². The van der Waals surface area contributed by atoms with Crippen molar-refractivity contribution >= 4 is 11.9 Å². The van der Waals surface area contributed by atoms with Gasteiger partial charge in [-0.25, -0.2) is 0 Å². The predicted molar refractivity (Wildman–Crippen MR) is 102 cm³/mol. The molecule has 0 bridgehead atoms. The normalized spacial score (nSPS) is 10.4. The highest BCUT2D eigenvalue weighted by Crippen LogP contribution is 2.14. The van der Waals surface area contributed by atoms with E-state index in [-0.39, 0.29) is 23.9 Å². The van der Waals surface area contributed by atoms with Crippen molar-refractivity contribution in [3.63, 3.8) is 0 Å². The summed E-state index contributed by atoms with van der Waals surface area (Å²) in [6.45, 7) is 4.19. The zero-order chi connectivity index (χ0) is 19.2. The molecule has 0 amide bonds. The van der Waals surface area contributed by atoms with Crippen LogP contribution in [0.1, 0.15) is 78.1 Å². The van der Waals surface area contributed by atoms with Crippen LogP contribution >= 0.6 is 0 Å². The van der Waals surface area contributed by atoms with E-state index in [1.165, 1.54) is 30.7 Å². The van der Waals surface area contributed by atoms with E-state index in [2.05, 4.69) is 6.92 Å². The lowest BCUT2D eigenvalue weighted by molar-refractivity contribution is -0.135. The predicted octanol–water partition coefficient (Wildman–Crippen LogP) is 4.80.